The second-order valence-corrected chi connectivity index (χ2v) is 16.4. The van der Waals surface area contributed by atoms with Crippen molar-refractivity contribution in [2.45, 2.75) is 42.5 Å². The highest BCUT2D eigenvalue weighted by Gasteiger charge is 2.35. The number of ether oxygens (including phenoxy) is 1. The zero-order valence-corrected chi connectivity index (χ0v) is 32.4. The summed E-state index contributed by atoms with van der Waals surface area (Å²) in [5.41, 5.74) is 2.20. The molecule has 0 unspecified atom stereocenters. The predicted molar refractivity (Wildman–Crippen MR) is 213 cm³/mol. The van der Waals surface area contributed by atoms with E-state index in [2.05, 4.69) is 26.2 Å². The van der Waals surface area contributed by atoms with Crippen LogP contribution in [0, 0.1) is 0 Å². The Hall–Kier alpha value is -5.25. The van der Waals surface area contributed by atoms with E-state index in [0.29, 0.717) is 31.5 Å². The molecule has 4 aromatic carbocycles. The van der Waals surface area contributed by atoms with E-state index in [0.717, 1.165) is 58.2 Å². The average Bonchev–Trinajstić information content (AvgIpc) is 3.16. The Labute approximate surface area is 328 Å². The van der Waals surface area contributed by atoms with Crippen LogP contribution in [-0.4, -0.2) is 73.9 Å². The van der Waals surface area contributed by atoms with Gasteiger partial charge in [-0.3, -0.25) is 14.7 Å². The molecular formula is C41H42F3N5O5S2. The lowest BCUT2D eigenvalue weighted by atomic mass is 10.0. The number of nitrogens with zero attached hydrogens (tertiary/aromatic N) is 3. The van der Waals surface area contributed by atoms with E-state index in [1.165, 1.54) is 30.1 Å². The van der Waals surface area contributed by atoms with Crippen LogP contribution in [0.5, 0.6) is 11.5 Å². The van der Waals surface area contributed by atoms with Crippen molar-refractivity contribution in [2.75, 3.05) is 48.7 Å². The van der Waals surface area contributed by atoms with E-state index in [1.807, 2.05) is 61.0 Å². The molecule has 0 aliphatic carbocycles. The fourth-order valence-electron chi connectivity index (χ4n) is 6.28. The van der Waals surface area contributed by atoms with Gasteiger partial charge in [-0.05, 0) is 104 Å². The van der Waals surface area contributed by atoms with Crippen LogP contribution in [-0.2, 0) is 22.7 Å². The van der Waals surface area contributed by atoms with E-state index in [-0.39, 0.29) is 29.6 Å². The molecule has 15 heteroatoms. The first-order valence-electron chi connectivity index (χ1n) is 18.0. The SMILES string of the molecule is CC(C)Oc1cc(CN2CCN(c3ccc(C(=O)NS(=O)(=O)c4ccc(NCCSc5ccccc5)c(C(F)(F)F)c4)cc3)CC2)cc(-c2cncc(O)c2)c1. The molecule has 294 valence electrons. The molecule has 0 bridgehead atoms. The van der Waals surface area contributed by atoms with Crippen LogP contribution < -0.4 is 19.7 Å². The summed E-state index contributed by atoms with van der Waals surface area (Å²) in [6.45, 7) is 7.71. The molecule has 0 saturated carbocycles. The largest absolute Gasteiger partial charge is 0.506 e. The number of hydrogen-bond donors (Lipinski definition) is 3. The number of piperazine rings is 1. The highest BCUT2D eigenvalue weighted by atomic mass is 32.2. The summed E-state index contributed by atoms with van der Waals surface area (Å²) in [4.78, 5) is 21.9. The van der Waals surface area contributed by atoms with Crippen LogP contribution >= 0.6 is 11.8 Å². The van der Waals surface area contributed by atoms with Crippen molar-refractivity contribution >= 4 is 39.1 Å². The fraction of sp³-hybridized carbons (Fsp3) is 0.268. The van der Waals surface area contributed by atoms with Gasteiger partial charge in [0, 0.05) is 78.6 Å². The number of anilines is 2. The molecule has 1 amide bonds. The first-order chi connectivity index (χ1) is 26.7. The number of amides is 1. The topological polar surface area (TPSA) is 124 Å². The van der Waals surface area contributed by atoms with Crippen molar-refractivity contribution in [3.63, 3.8) is 0 Å². The maximum absolute atomic E-state index is 14.0. The van der Waals surface area contributed by atoms with Gasteiger partial charge in [0.2, 0.25) is 0 Å². The molecule has 1 fully saturated rings. The number of rotatable bonds is 14. The zero-order chi connectivity index (χ0) is 39.9. The first kappa shape index (κ1) is 40.4. The Bertz CT molecular complexity index is 2230. The molecule has 0 atom stereocenters. The second-order valence-electron chi connectivity index (χ2n) is 13.5. The van der Waals surface area contributed by atoms with Crippen LogP contribution in [0.4, 0.5) is 24.5 Å². The Morgan fingerprint density at radius 3 is 2.32 bits per heavy atom. The quantitative estimate of drug-likeness (QED) is 0.0754. The third kappa shape index (κ3) is 10.7. The molecular weight excluding hydrogens is 764 g/mol. The lowest BCUT2D eigenvalue weighted by Gasteiger charge is -2.36. The number of alkyl halides is 3. The van der Waals surface area contributed by atoms with Crippen molar-refractivity contribution in [3.8, 4) is 22.6 Å². The van der Waals surface area contributed by atoms with Crippen molar-refractivity contribution in [1.29, 1.82) is 0 Å². The number of halogens is 3. The normalized spacial score (nSPS) is 13.8. The number of aromatic hydroxyl groups is 1. The van der Waals surface area contributed by atoms with Crippen molar-refractivity contribution in [3.05, 3.63) is 126 Å². The third-order valence-corrected chi connectivity index (χ3v) is 11.3. The van der Waals surface area contributed by atoms with Gasteiger partial charge in [-0.2, -0.15) is 13.2 Å². The summed E-state index contributed by atoms with van der Waals surface area (Å²) in [6, 6.07) is 26.2. The van der Waals surface area contributed by atoms with Gasteiger partial charge < -0.3 is 20.1 Å². The van der Waals surface area contributed by atoms with Gasteiger partial charge in [-0.15, -0.1) is 11.8 Å². The molecule has 0 spiro atoms. The van der Waals surface area contributed by atoms with Gasteiger partial charge in [-0.1, -0.05) is 18.2 Å². The molecule has 10 nitrogen and oxygen atoms in total. The standard InChI is InChI=1S/C41H42F3N5O5S2/c1-28(2)54-35-21-29(20-31(23-35)32-22-34(50)26-45-25-32)27-48-15-17-49(18-16-48)33-10-8-30(9-11-33)40(51)47-56(52,53)37-12-13-39(38(24-37)41(42,43)44)46-14-19-55-36-6-4-3-5-7-36/h3-13,20-26,28,46,50H,14-19,27H2,1-2H3,(H,47,51). The summed E-state index contributed by atoms with van der Waals surface area (Å²) >= 11 is 1.47. The predicted octanol–water partition coefficient (Wildman–Crippen LogP) is 7.91. The fourth-order valence-corrected chi connectivity index (χ4v) is 8.07. The Morgan fingerprint density at radius 2 is 1.64 bits per heavy atom. The number of sulfonamides is 1. The van der Waals surface area contributed by atoms with Crippen LogP contribution in [0.1, 0.15) is 35.3 Å². The monoisotopic (exact) mass is 805 g/mol. The Morgan fingerprint density at radius 1 is 0.911 bits per heavy atom. The van der Waals surface area contributed by atoms with Gasteiger partial charge in [0.05, 0.1) is 22.8 Å². The number of hydrogen-bond acceptors (Lipinski definition) is 10. The summed E-state index contributed by atoms with van der Waals surface area (Å²) in [7, 11) is -4.63. The van der Waals surface area contributed by atoms with Crippen molar-refractivity contribution in [1.82, 2.24) is 14.6 Å². The van der Waals surface area contributed by atoms with E-state index in [1.54, 1.807) is 24.4 Å². The van der Waals surface area contributed by atoms with Gasteiger partial charge >= 0.3 is 6.18 Å². The minimum atomic E-state index is -4.84. The van der Waals surface area contributed by atoms with Crippen molar-refractivity contribution in [2.24, 2.45) is 0 Å². The minimum absolute atomic E-state index is 0.0161. The summed E-state index contributed by atoms with van der Waals surface area (Å²) in [6.07, 6.45) is -1.77. The number of nitrogens with one attached hydrogen (secondary N) is 2. The van der Waals surface area contributed by atoms with E-state index in [9.17, 15) is 31.5 Å². The number of carbonyl (C=O) groups excluding carboxylic acids is 1. The van der Waals surface area contributed by atoms with E-state index in [4.69, 9.17) is 4.74 Å². The Balaban J connectivity index is 1.05. The number of aromatic nitrogens is 1. The molecule has 1 aliphatic heterocycles. The van der Waals surface area contributed by atoms with E-state index >= 15 is 0 Å². The summed E-state index contributed by atoms with van der Waals surface area (Å²) in [5, 5.41) is 12.7. The lowest BCUT2D eigenvalue weighted by molar-refractivity contribution is -0.137. The maximum atomic E-state index is 14.0. The second kappa shape index (κ2) is 17.7. The van der Waals surface area contributed by atoms with Gasteiger partial charge in [-0.25, -0.2) is 13.1 Å². The molecule has 2 heterocycles. The Kier molecular flexibility index (Phi) is 12.8. The highest BCUT2D eigenvalue weighted by Crippen LogP contribution is 2.37. The van der Waals surface area contributed by atoms with Gasteiger partial charge in [0.1, 0.15) is 11.5 Å². The highest BCUT2D eigenvalue weighted by molar-refractivity contribution is 7.99. The third-order valence-electron chi connectivity index (χ3n) is 8.93. The molecule has 1 aliphatic rings. The molecule has 3 N–H and O–H groups in total. The van der Waals surface area contributed by atoms with E-state index < -0.39 is 32.6 Å². The van der Waals surface area contributed by atoms with Crippen LogP contribution in [0.15, 0.2) is 119 Å². The minimum Gasteiger partial charge on any atom is -0.506 e. The molecule has 1 saturated heterocycles. The smallest absolute Gasteiger partial charge is 0.418 e. The average molecular weight is 806 g/mol. The number of pyridine rings is 1. The molecule has 0 radical (unpaired) electrons. The lowest BCUT2D eigenvalue weighted by Crippen LogP contribution is -2.46. The maximum Gasteiger partial charge on any atom is 0.418 e. The van der Waals surface area contributed by atoms with Crippen LogP contribution in [0.3, 0.4) is 0 Å². The molecule has 56 heavy (non-hydrogen) atoms. The van der Waals surface area contributed by atoms with Crippen LogP contribution in [0.2, 0.25) is 0 Å². The summed E-state index contributed by atoms with van der Waals surface area (Å²) < 4.78 is 76.2. The van der Waals surface area contributed by atoms with Crippen molar-refractivity contribution < 1.29 is 36.2 Å². The summed E-state index contributed by atoms with van der Waals surface area (Å²) in [5.74, 6) is 0.335. The number of carbonyl (C=O) groups is 1. The van der Waals surface area contributed by atoms with Gasteiger partial charge in [0.25, 0.3) is 15.9 Å². The zero-order valence-electron chi connectivity index (χ0n) is 30.8. The molecule has 1 aromatic heterocycles. The van der Waals surface area contributed by atoms with Gasteiger partial charge in [0.15, 0.2) is 0 Å². The molecule has 5 aromatic rings. The number of thioether (sulfide) groups is 1. The number of benzene rings is 4. The first-order valence-corrected chi connectivity index (χ1v) is 20.4. The molecule has 6 rings (SSSR count). The van der Waals surface area contributed by atoms with Crippen LogP contribution in [0.25, 0.3) is 11.1 Å².